The Morgan fingerprint density at radius 3 is 2.74 bits per heavy atom. The predicted molar refractivity (Wildman–Crippen MR) is 104 cm³/mol. The number of nitrogens with one attached hydrogen (secondary N) is 2. The van der Waals surface area contributed by atoms with E-state index >= 15 is 0 Å². The molecule has 0 radical (unpaired) electrons. The number of ether oxygens (including phenoxy) is 1. The van der Waals surface area contributed by atoms with Crippen LogP contribution in [-0.4, -0.2) is 54.4 Å². The Morgan fingerprint density at radius 2 is 2.04 bits per heavy atom. The summed E-state index contributed by atoms with van der Waals surface area (Å²) in [5, 5.41) is 14.0. The van der Waals surface area contributed by atoms with Gasteiger partial charge in [0, 0.05) is 45.5 Å². The summed E-state index contributed by atoms with van der Waals surface area (Å²) in [6.07, 6.45) is 8.10. The Hall–Kier alpha value is -2.90. The van der Waals surface area contributed by atoms with E-state index in [9.17, 15) is 4.79 Å². The van der Waals surface area contributed by atoms with Crippen LogP contribution in [0.4, 0.5) is 11.5 Å². The van der Waals surface area contributed by atoms with Gasteiger partial charge in [0.25, 0.3) is 5.91 Å². The van der Waals surface area contributed by atoms with E-state index in [1.54, 1.807) is 24.5 Å². The van der Waals surface area contributed by atoms with E-state index in [1.807, 2.05) is 25.1 Å². The number of carbonyl (C=O) groups is 1. The van der Waals surface area contributed by atoms with Gasteiger partial charge < -0.3 is 20.3 Å². The van der Waals surface area contributed by atoms with E-state index in [-0.39, 0.29) is 12.0 Å². The molecule has 144 valence electrons. The van der Waals surface area contributed by atoms with Crippen molar-refractivity contribution in [3.05, 3.63) is 36.2 Å². The molecule has 1 aliphatic carbocycles. The van der Waals surface area contributed by atoms with Crippen molar-refractivity contribution in [2.24, 2.45) is 0 Å². The molecular formula is C19H26N6O2. The molecule has 27 heavy (non-hydrogen) atoms. The van der Waals surface area contributed by atoms with Gasteiger partial charge in [0.2, 0.25) is 5.88 Å². The molecule has 8 nitrogen and oxygen atoms in total. The van der Waals surface area contributed by atoms with E-state index < -0.39 is 0 Å². The lowest BCUT2D eigenvalue weighted by molar-refractivity contribution is 0.0954. The maximum atomic E-state index is 12.2. The van der Waals surface area contributed by atoms with Crippen LogP contribution in [-0.2, 0) is 0 Å². The molecule has 0 unspecified atom stereocenters. The van der Waals surface area contributed by atoms with Gasteiger partial charge in [0.15, 0.2) is 5.82 Å². The highest BCUT2D eigenvalue weighted by Gasteiger charge is 2.17. The third-order valence-corrected chi connectivity index (χ3v) is 4.46. The zero-order chi connectivity index (χ0) is 19.1. The smallest absolute Gasteiger partial charge is 0.252 e. The van der Waals surface area contributed by atoms with Crippen LogP contribution in [0.5, 0.6) is 5.88 Å². The van der Waals surface area contributed by atoms with Gasteiger partial charge >= 0.3 is 0 Å². The Labute approximate surface area is 159 Å². The van der Waals surface area contributed by atoms with Crippen molar-refractivity contribution in [3.8, 4) is 5.88 Å². The molecule has 0 saturated heterocycles. The fourth-order valence-electron chi connectivity index (χ4n) is 2.92. The van der Waals surface area contributed by atoms with E-state index in [4.69, 9.17) is 4.74 Å². The van der Waals surface area contributed by atoms with Crippen LogP contribution in [0.25, 0.3) is 0 Å². The number of anilines is 2. The molecule has 2 aromatic rings. The number of aromatic nitrogens is 3. The second-order valence-electron chi connectivity index (χ2n) is 6.79. The molecular weight excluding hydrogens is 344 g/mol. The number of carbonyl (C=O) groups excluding carboxylic acids is 1. The minimum atomic E-state index is -0.162. The molecule has 0 spiro atoms. The van der Waals surface area contributed by atoms with Gasteiger partial charge in [-0.2, -0.15) is 5.10 Å². The molecule has 1 amide bonds. The van der Waals surface area contributed by atoms with Crippen molar-refractivity contribution in [2.45, 2.75) is 31.8 Å². The molecule has 0 aliphatic heterocycles. The summed E-state index contributed by atoms with van der Waals surface area (Å²) >= 11 is 0. The highest BCUT2D eigenvalue weighted by atomic mass is 16.5. The fourth-order valence-corrected chi connectivity index (χ4v) is 2.92. The zero-order valence-corrected chi connectivity index (χ0v) is 15.8. The molecule has 0 atom stereocenters. The van der Waals surface area contributed by atoms with Crippen LogP contribution in [0.3, 0.4) is 0 Å². The van der Waals surface area contributed by atoms with Crippen molar-refractivity contribution in [3.63, 3.8) is 0 Å². The number of pyridine rings is 1. The topological polar surface area (TPSA) is 92.3 Å². The third kappa shape index (κ3) is 5.54. The van der Waals surface area contributed by atoms with Crippen LogP contribution >= 0.6 is 0 Å². The summed E-state index contributed by atoms with van der Waals surface area (Å²) in [5.41, 5.74) is 1.48. The second-order valence-corrected chi connectivity index (χ2v) is 6.79. The quantitative estimate of drug-likeness (QED) is 0.688. The van der Waals surface area contributed by atoms with Gasteiger partial charge in [0.05, 0.1) is 17.4 Å². The number of nitrogens with zero attached hydrogens (tertiary/aromatic N) is 4. The molecule has 8 heteroatoms. The Balaban J connectivity index is 1.41. The predicted octanol–water partition coefficient (Wildman–Crippen LogP) is 2.10. The number of amides is 1. The maximum Gasteiger partial charge on any atom is 0.252 e. The summed E-state index contributed by atoms with van der Waals surface area (Å²) in [6.45, 7) is 1.01. The molecule has 2 N–H and O–H groups in total. The highest BCUT2D eigenvalue weighted by molar-refractivity contribution is 5.93. The van der Waals surface area contributed by atoms with E-state index in [0.29, 0.717) is 30.4 Å². The Bertz CT molecular complexity index is 744. The molecule has 0 bridgehead atoms. The SMILES string of the molecule is CN(C)c1cnnc(NCCNC(=O)c2ccc(OC3CCCC3)nc2)c1. The molecule has 3 rings (SSSR count). The van der Waals surface area contributed by atoms with Crippen molar-refractivity contribution >= 4 is 17.4 Å². The van der Waals surface area contributed by atoms with Crippen molar-refractivity contribution in [2.75, 3.05) is 37.4 Å². The van der Waals surface area contributed by atoms with Crippen LogP contribution in [0.15, 0.2) is 30.6 Å². The lowest BCUT2D eigenvalue weighted by Gasteiger charge is -2.13. The number of hydrogen-bond donors (Lipinski definition) is 2. The molecule has 1 saturated carbocycles. The van der Waals surface area contributed by atoms with Gasteiger partial charge in [-0.05, 0) is 31.7 Å². The molecule has 2 aromatic heterocycles. The average molecular weight is 370 g/mol. The number of rotatable bonds is 8. The Kier molecular flexibility index (Phi) is 6.40. The minimum Gasteiger partial charge on any atom is -0.474 e. The van der Waals surface area contributed by atoms with Crippen molar-refractivity contribution < 1.29 is 9.53 Å². The first-order chi connectivity index (χ1) is 13.1. The normalized spacial score (nSPS) is 14.0. The number of hydrogen-bond acceptors (Lipinski definition) is 7. The fraction of sp³-hybridized carbons (Fsp3) is 0.474. The van der Waals surface area contributed by atoms with Gasteiger partial charge in [-0.1, -0.05) is 0 Å². The third-order valence-electron chi connectivity index (χ3n) is 4.46. The van der Waals surface area contributed by atoms with Gasteiger partial charge in [-0.3, -0.25) is 4.79 Å². The first-order valence-electron chi connectivity index (χ1n) is 9.26. The van der Waals surface area contributed by atoms with Crippen LogP contribution in [0, 0.1) is 0 Å². The second kappa shape index (κ2) is 9.16. The van der Waals surface area contributed by atoms with Gasteiger partial charge in [-0.25, -0.2) is 4.98 Å². The van der Waals surface area contributed by atoms with Gasteiger partial charge in [0.1, 0.15) is 6.10 Å². The summed E-state index contributed by atoms with van der Waals surface area (Å²) in [6, 6.07) is 5.40. The van der Waals surface area contributed by atoms with E-state index in [0.717, 1.165) is 18.5 Å². The first kappa shape index (κ1) is 18.9. The lowest BCUT2D eigenvalue weighted by Crippen LogP contribution is -2.29. The average Bonchev–Trinajstić information content (AvgIpc) is 3.19. The van der Waals surface area contributed by atoms with E-state index in [2.05, 4.69) is 25.8 Å². The summed E-state index contributed by atoms with van der Waals surface area (Å²) < 4.78 is 5.81. The molecule has 2 heterocycles. The molecule has 0 aromatic carbocycles. The maximum absolute atomic E-state index is 12.2. The molecule has 1 aliphatic rings. The van der Waals surface area contributed by atoms with Crippen molar-refractivity contribution in [1.29, 1.82) is 0 Å². The van der Waals surface area contributed by atoms with E-state index in [1.165, 1.54) is 12.8 Å². The zero-order valence-electron chi connectivity index (χ0n) is 15.8. The van der Waals surface area contributed by atoms with Crippen LogP contribution in [0.1, 0.15) is 36.0 Å². The minimum absolute atomic E-state index is 0.162. The molecule has 1 fully saturated rings. The lowest BCUT2D eigenvalue weighted by atomic mass is 10.2. The first-order valence-corrected chi connectivity index (χ1v) is 9.26. The monoisotopic (exact) mass is 370 g/mol. The van der Waals surface area contributed by atoms with Crippen molar-refractivity contribution in [1.82, 2.24) is 20.5 Å². The van der Waals surface area contributed by atoms with Crippen LogP contribution in [0.2, 0.25) is 0 Å². The largest absolute Gasteiger partial charge is 0.474 e. The summed E-state index contributed by atoms with van der Waals surface area (Å²) in [4.78, 5) is 18.4. The highest BCUT2D eigenvalue weighted by Crippen LogP contribution is 2.22. The van der Waals surface area contributed by atoms with Gasteiger partial charge in [-0.15, -0.1) is 5.10 Å². The standard InChI is InChI=1S/C19H26N6O2/c1-25(2)15-11-17(24-23-13-15)20-9-10-21-19(26)14-7-8-18(22-12-14)27-16-5-3-4-6-16/h7-8,11-13,16H,3-6,9-10H2,1-2H3,(H,20,24)(H,21,26). The summed E-state index contributed by atoms with van der Waals surface area (Å²) in [7, 11) is 3.89. The van der Waals surface area contributed by atoms with Crippen LogP contribution < -0.4 is 20.3 Å². The summed E-state index contributed by atoms with van der Waals surface area (Å²) in [5.74, 6) is 1.09. The Morgan fingerprint density at radius 1 is 1.22 bits per heavy atom.